The van der Waals surface area contributed by atoms with Gasteiger partial charge in [-0.1, -0.05) is 23.5 Å². The number of carbonyl (C=O) groups is 2. The fraction of sp³-hybridized carbons (Fsp3) is 0.300. The highest BCUT2D eigenvalue weighted by Crippen LogP contribution is 2.35. The second-order valence-corrected chi connectivity index (χ2v) is 8.90. The molecule has 0 atom stereocenters. The Balaban J connectivity index is 1.24. The van der Waals surface area contributed by atoms with Gasteiger partial charge in [0.1, 0.15) is 16.9 Å². The van der Waals surface area contributed by atoms with Crippen LogP contribution < -0.4 is 9.80 Å². The summed E-state index contributed by atoms with van der Waals surface area (Å²) in [6, 6.07) is 11.6. The van der Waals surface area contributed by atoms with E-state index in [1.54, 1.807) is 22.4 Å². The highest BCUT2D eigenvalue weighted by molar-refractivity contribution is 8.00. The first-order valence-electron chi connectivity index (χ1n) is 9.45. The molecule has 29 heavy (non-hydrogen) atoms. The maximum atomic E-state index is 12.9. The maximum absolute atomic E-state index is 12.9. The standard InChI is InChI=1S/C20H19N5O2S2/c26-17(12-25-15-5-1-2-6-16(15)28-13-18(25)27)23-8-10-24(11-9-23)20-22-14-4-3-7-21-19(14)29-20/h1-7H,8-13H2. The number of pyridine rings is 1. The zero-order valence-corrected chi connectivity index (χ0v) is 17.3. The van der Waals surface area contributed by atoms with Crippen LogP contribution in [0.2, 0.25) is 0 Å². The van der Waals surface area contributed by atoms with Gasteiger partial charge >= 0.3 is 0 Å². The molecule has 3 aromatic rings. The van der Waals surface area contributed by atoms with Gasteiger partial charge in [0.05, 0.1) is 11.4 Å². The minimum Gasteiger partial charge on any atom is -0.344 e. The molecular weight excluding hydrogens is 406 g/mol. The number of rotatable bonds is 3. The third-order valence-electron chi connectivity index (χ3n) is 5.16. The predicted molar refractivity (Wildman–Crippen MR) is 116 cm³/mol. The maximum Gasteiger partial charge on any atom is 0.242 e. The summed E-state index contributed by atoms with van der Waals surface area (Å²) in [7, 11) is 0. The van der Waals surface area contributed by atoms with E-state index in [4.69, 9.17) is 0 Å². The number of thioether (sulfide) groups is 1. The zero-order valence-electron chi connectivity index (χ0n) is 15.7. The smallest absolute Gasteiger partial charge is 0.242 e. The highest BCUT2D eigenvalue weighted by atomic mass is 32.2. The highest BCUT2D eigenvalue weighted by Gasteiger charge is 2.29. The van der Waals surface area contributed by atoms with Crippen LogP contribution in [0.3, 0.4) is 0 Å². The van der Waals surface area contributed by atoms with E-state index in [0.717, 1.165) is 39.2 Å². The quantitative estimate of drug-likeness (QED) is 0.642. The molecule has 7 nitrogen and oxygen atoms in total. The van der Waals surface area contributed by atoms with Gasteiger partial charge in [-0.25, -0.2) is 9.97 Å². The molecule has 0 aliphatic carbocycles. The summed E-state index contributed by atoms with van der Waals surface area (Å²) in [5.41, 5.74) is 1.74. The monoisotopic (exact) mass is 425 g/mol. The van der Waals surface area contributed by atoms with Gasteiger partial charge in [0.25, 0.3) is 0 Å². The molecule has 9 heteroatoms. The number of nitrogens with zero attached hydrogens (tertiary/aromatic N) is 5. The van der Waals surface area contributed by atoms with Crippen molar-refractivity contribution in [3.8, 4) is 0 Å². The molecule has 2 aliphatic rings. The molecule has 0 saturated carbocycles. The van der Waals surface area contributed by atoms with E-state index in [0.29, 0.717) is 18.8 Å². The van der Waals surface area contributed by atoms with Gasteiger partial charge in [0, 0.05) is 37.3 Å². The Hall–Kier alpha value is -2.65. The van der Waals surface area contributed by atoms with Crippen molar-refractivity contribution in [3.05, 3.63) is 42.6 Å². The Labute approximate surface area is 176 Å². The van der Waals surface area contributed by atoms with Crippen LogP contribution in [0.4, 0.5) is 10.8 Å². The lowest BCUT2D eigenvalue weighted by Gasteiger charge is -2.36. The molecule has 5 rings (SSSR count). The van der Waals surface area contributed by atoms with Crippen LogP contribution in [0.5, 0.6) is 0 Å². The molecule has 148 valence electrons. The molecule has 1 aromatic carbocycles. The van der Waals surface area contributed by atoms with E-state index < -0.39 is 0 Å². The fourth-order valence-corrected chi connectivity index (χ4v) is 5.50. The van der Waals surface area contributed by atoms with E-state index in [1.165, 1.54) is 11.8 Å². The number of benzene rings is 1. The molecule has 1 fully saturated rings. The summed E-state index contributed by atoms with van der Waals surface area (Å²) in [6.07, 6.45) is 1.78. The number of carbonyl (C=O) groups excluding carboxylic acids is 2. The summed E-state index contributed by atoms with van der Waals surface area (Å²) in [5, 5.41) is 0.947. The van der Waals surface area contributed by atoms with Crippen molar-refractivity contribution in [2.75, 3.05) is 48.3 Å². The van der Waals surface area contributed by atoms with Crippen LogP contribution in [0.1, 0.15) is 0 Å². The first-order chi connectivity index (χ1) is 14.2. The molecule has 0 unspecified atom stereocenters. The number of para-hydroxylation sites is 1. The molecule has 0 N–H and O–H groups in total. The van der Waals surface area contributed by atoms with Crippen LogP contribution >= 0.6 is 23.1 Å². The minimum absolute atomic E-state index is 0.00864. The number of hydrogen-bond acceptors (Lipinski definition) is 7. The summed E-state index contributed by atoms with van der Waals surface area (Å²) in [4.78, 5) is 42.0. The third-order valence-corrected chi connectivity index (χ3v) is 7.25. The van der Waals surface area contributed by atoms with Gasteiger partial charge in [-0.3, -0.25) is 9.59 Å². The van der Waals surface area contributed by atoms with Crippen LogP contribution in [0.25, 0.3) is 10.3 Å². The average molecular weight is 426 g/mol. The van der Waals surface area contributed by atoms with Crippen LogP contribution in [-0.2, 0) is 9.59 Å². The second kappa shape index (κ2) is 7.64. The Morgan fingerprint density at radius 3 is 2.72 bits per heavy atom. The van der Waals surface area contributed by atoms with Gasteiger partial charge in [-0.05, 0) is 24.3 Å². The lowest BCUT2D eigenvalue weighted by Crippen LogP contribution is -2.52. The van der Waals surface area contributed by atoms with Crippen molar-refractivity contribution in [3.63, 3.8) is 0 Å². The third kappa shape index (κ3) is 3.56. The molecule has 0 bridgehead atoms. The number of amides is 2. The summed E-state index contributed by atoms with van der Waals surface area (Å²) < 4.78 is 0. The normalized spacial score (nSPS) is 17.0. The van der Waals surface area contributed by atoms with Crippen molar-refractivity contribution in [1.29, 1.82) is 0 Å². The first kappa shape index (κ1) is 18.4. The van der Waals surface area contributed by atoms with Crippen molar-refractivity contribution >= 4 is 56.1 Å². The van der Waals surface area contributed by atoms with E-state index in [-0.39, 0.29) is 18.4 Å². The van der Waals surface area contributed by atoms with Gasteiger partial charge < -0.3 is 14.7 Å². The summed E-state index contributed by atoms with van der Waals surface area (Å²) >= 11 is 3.11. The first-order valence-corrected chi connectivity index (χ1v) is 11.3. The molecule has 2 aromatic heterocycles. The van der Waals surface area contributed by atoms with Gasteiger partial charge in [0.15, 0.2) is 5.13 Å². The predicted octanol–water partition coefficient (Wildman–Crippen LogP) is 2.48. The number of piperazine rings is 1. The average Bonchev–Trinajstić information content (AvgIpc) is 3.20. The summed E-state index contributed by atoms with van der Waals surface area (Å²) in [5.74, 6) is 0.359. The van der Waals surface area contributed by atoms with E-state index in [9.17, 15) is 9.59 Å². The minimum atomic E-state index is -0.0114. The molecular formula is C20H19N5O2S2. The Morgan fingerprint density at radius 2 is 1.90 bits per heavy atom. The molecule has 2 amide bonds. The molecule has 4 heterocycles. The number of hydrogen-bond donors (Lipinski definition) is 0. The van der Waals surface area contributed by atoms with Gasteiger partial charge in [0.2, 0.25) is 11.8 Å². The van der Waals surface area contributed by atoms with E-state index in [2.05, 4.69) is 14.9 Å². The number of thiazole rings is 1. The van der Waals surface area contributed by atoms with Gasteiger partial charge in [-0.2, -0.15) is 0 Å². The molecule has 2 aliphatic heterocycles. The lowest BCUT2D eigenvalue weighted by molar-refractivity contribution is -0.131. The largest absolute Gasteiger partial charge is 0.344 e. The van der Waals surface area contributed by atoms with Crippen molar-refractivity contribution < 1.29 is 9.59 Å². The van der Waals surface area contributed by atoms with Crippen molar-refractivity contribution in [2.45, 2.75) is 4.90 Å². The summed E-state index contributed by atoms with van der Waals surface area (Å²) in [6.45, 7) is 2.81. The topological polar surface area (TPSA) is 69.6 Å². The molecule has 0 spiro atoms. The zero-order chi connectivity index (χ0) is 19.8. The Morgan fingerprint density at radius 1 is 1.07 bits per heavy atom. The van der Waals surface area contributed by atoms with Gasteiger partial charge in [-0.15, -0.1) is 11.8 Å². The number of anilines is 2. The van der Waals surface area contributed by atoms with Crippen LogP contribution in [0.15, 0.2) is 47.5 Å². The molecule has 1 saturated heterocycles. The van der Waals surface area contributed by atoms with E-state index in [1.807, 2.05) is 41.3 Å². The van der Waals surface area contributed by atoms with Crippen molar-refractivity contribution in [2.24, 2.45) is 0 Å². The Kier molecular flexibility index (Phi) is 4.84. The van der Waals surface area contributed by atoms with E-state index >= 15 is 0 Å². The van der Waals surface area contributed by atoms with Crippen LogP contribution in [0, 0.1) is 0 Å². The Bertz CT molecular complexity index is 1040. The van der Waals surface area contributed by atoms with Crippen molar-refractivity contribution in [1.82, 2.24) is 14.9 Å². The lowest BCUT2D eigenvalue weighted by atomic mass is 10.2. The second-order valence-electron chi connectivity index (χ2n) is 6.93. The number of fused-ring (bicyclic) bond motifs is 2. The number of aromatic nitrogens is 2. The SMILES string of the molecule is O=C(CN1C(=O)CSc2ccccc21)N1CCN(c2nc3cccnc3s2)CC1. The van der Waals surface area contributed by atoms with Crippen LogP contribution in [-0.4, -0.2) is 65.2 Å². The fourth-order valence-electron chi connectivity index (χ4n) is 3.60. The molecule has 0 radical (unpaired) electrons.